The summed E-state index contributed by atoms with van der Waals surface area (Å²) in [6.45, 7) is 6.44. The van der Waals surface area contributed by atoms with Gasteiger partial charge in [0.2, 0.25) is 5.91 Å². The highest BCUT2D eigenvalue weighted by Gasteiger charge is 2.21. The summed E-state index contributed by atoms with van der Waals surface area (Å²) in [7, 11) is 0. The highest BCUT2D eigenvalue weighted by Crippen LogP contribution is 2.26. The molecule has 1 amide bonds. The molecule has 1 atom stereocenters. The third-order valence-corrected chi connectivity index (χ3v) is 7.23. The molecule has 1 unspecified atom stereocenters. The average Bonchev–Trinajstić information content (AvgIpc) is 3.28. The number of hydrogen-bond donors (Lipinski definition) is 1. The van der Waals surface area contributed by atoms with Gasteiger partial charge >= 0.3 is 0 Å². The molecule has 0 spiro atoms. The van der Waals surface area contributed by atoms with Crippen molar-refractivity contribution in [3.8, 4) is 5.69 Å². The van der Waals surface area contributed by atoms with Crippen molar-refractivity contribution >= 4 is 39.9 Å². The smallest absolute Gasteiger partial charge is 0.266 e. The van der Waals surface area contributed by atoms with Crippen LogP contribution in [0.4, 0.5) is 0 Å². The van der Waals surface area contributed by atoms with E-state index in [4.69, 9.17) is 4.98 Å². The predicted molar refractivity (Wildman–Crippen MR) is 133 cm³/mol. The zero-order valence-corrected chi connectivity index (χ0v) is 19.9. The Morgan fingerprint density at radius 3 is 2.72 bits per heavy atom. The molecule has 1 N–H and O–H groups in total. The van der Waals surface area contributed by atoms with Crippen LogP contribution in [0, 0.1) is 13.8 Å². The molecule has 32 heavy (non-hydrogen) atoms. The number of para-hydroxylation sites is 1. The number of carbonyl (C=O) groups excluding carboxylic acids is 1. The largest absolute Gasteiger partial charge is 0.355 e. The number of thiophene rings is 1. The van der Waals surface area contributed by atoms with Crippen molar-refractivity contribution in [3.63, 3.8) is 0 Å². The highest BCUT2D eigenvalue weighted by molar-refractivity contribution is 8.00. The first kappa shape index (κ1) is 22.3. The van der Waals surface area contributed by atoms with Gasteiger partial charge in [-0.2, -0.15) is 0 Å². The number of aromatic nitrogens is 2. The Morgan fingerprint density at radius 2 is 1.97 bits per heavy atom. The maximum atomic E-state index is 13.5. The minimum atomic E-state index is -0.400. The normalized spacial score (nSPS) is 12.1. The van der Waals surface area contributed by atoms with E-state index in [1.54, 1.807) is 22.0 Å². The molecule has 0 aliphatic rings. The number of nitrogens with one attached hydrogen (secondary N) is 1. The molecule has 0 saturated heterocycles. The van der Waals surface area contributed by atoms with Crippen molar-refractivity contribution in [2.45, 2.75) is 37.6 Å². The Hall–Kier alpha value is -2.90. The van der Waals surface area contributed by atoms with Crippen LogP contribution in [-0.4, -0.2) is 27.3 Å². The fourth-order valence-electron chi connectivity index (χ4n) is 3.58. The molecule has 0 radical (unpaired) electrons. The molecule has 0 aliphatic heterocycles. The quantitative estimate of drug-likeness (QED) is 0.313. The second kappa shape index (κ2) is 9.71. The predicted octanol–water partition coefficient (Wildman–Crippen LogP) is 4.90. The van der Waals surface area contributed by atoms with Gasteiger partial charge in [0.05, 0.1) is 21.8 Å². The number of aryl methyl sites for hydroxylation is 2. The zero-order valence-electron chi connectivity index (χ0n) is 18.3. The minimum Gasteiger partial charge on any atom is -0.355 e. The maximum Gasteiger partial charge on any atom is 0.266 e. The van der Waals surface area contributed by atoms with Gasteiger partial charge in [0.15, 0.2) is 5.16 Å². The van der Waals surface area contributed by atoms with Crippen LogP contribution in [-0.2, 0) is 11.2 Å². The topological polar surface area (TPSA) is 64.0 Å². The standard InChI is InChI=1S/C25H25N3O2S2/c1-16-10-11-22(17(2)15-16)28-24(30)20-8-4-5-9-21(20)27-25(28)32-18(3)23(29)26-13-12-19-7-6-14-31-19/h4-11,14-15,18H,12-13H2,1-3H3,(H,26,29). The van der Waals surface area contributed by atoms with Crippen LogP contribution in [0.25, 0.3) is 16.6 Å². The Morgan fingerprint density at radius 1 is 1.16 bits per heavy atom. The van der Waals surface area contributed by atoms with E-state index in [9.17, 15) is 9.59 Å². The van der Waals surface area contributed by atoms with E-state index in [1.807, 2.05) is 68.6 Å². The maximum absolute atomic E-state index is 13.5. The molecule has 7 heteroatoms. The minimum absolute atomic E-state index is 0.0684. The van der Waals surface area contributed by atoms with Crippen LogP contribution in [0.2, 0.25) is 0 Å². The Bertz CT molecular complexity index is 1310. The number of amides is 1. The lowest BCUT2D eigenvalue weighted by molar-refractivity contribution is -0.120. The van der Waals surface area contributed by atoms with Crippen LogP contribution >= 0.6 is 23.1 Å². The molecule has 4 rings (SSSR count). The summed E-state index contributed by atoms with van der Waals surface area (Å²) in [4.78, 5) is 32.2. The molecule has 2 heterocycles. The molecule has 0 aliphatic carbocycles. The first-order valence-corrected chi connectivity index (χ1v) is 12.3. The van der Waals surface area contributed by atoms with Crippen LogP contribution in [0.5, 0.6) is 0 Å². The van der Waals surface area contributed by atoms with Gasteiger partial charge in [-0.25, -0.2) is 4.98 Å². The summed E-state index contributed by atoms with van der Waals surface area (Å²) in [6.07, 6.45) is 0.808. The van der Waals surface area contributed by atoms with Crippen molar-refractivity contribution < 1.29 is 4.79 Å². The van der Waals surface area contributed by atoms with Crippen molar-refractivity contribution in [2.24, 2.45) is 0 Å². The van der Waals surface area contributed by atoms with Gasteiger partial charge in [0.1, 0.15) is 0 Å². The van der Waals surface area contributed by atoms with E-state index in [2.05, 4.69) is 11.4 Å². The number of hydrogen-bond acceptors (Lipinski definition) is 5. The lowest BCUT2D eigenvalue weighted by atomic mass is 10.1. The van der Waals surface area contributed by atoms with Gasteiger partial charge in [-0.05, 0) is 62.4 Å². The van der Waals surface area contributed by atoms with Gasteiger partial charge < -0.3 is 5.32 Å². The van der Waals surface area contributed by atoms with Crippen molar-refractivity contribution in [2.75, 3.05) is 6.54 Å². The van der Waals surface area contributed by atoms with Crippen molar-refractivity contribution in [1.82, 2.24) is 14.9 Å². The molecular formula is C25H25N3O2S2. The van der Waals surface area contributed by atoms with Gasteiger partial charge in [0.25, 0.3) is 5.56 Å². The molecule has 5 nitrogen and oxygen atoms in total. The molecule has 0 fully saturated rings. The lowest BCUT2D eigenvalue weighted by Crippen LogP contribution is -2.33. The Balaban J connectivity index is 1.64. The summed E-state index contributed by atoms with van der Waals surface area (Å²) in [5.74, 6) is -0.0684. The average molecular weight is 464 g/mol. The number of fused-ring (bicyclic) bond motifs is 1. The van der Waals surface area contributed by atoms with Gasteiger partial charge in [-0.1, -0.05) is 47.7 Å². The summed E-state index contributed by atoms with van der Waals surface area (Å²) < 4.78 is 1.64. The molecule has 2 aromatic carbocycles. The molecule has 2 aromatic heterocycles. The molecule has 0 bridgehead atoms. The van der Waals surface area contributed by atoms with Crippen molar-refractivity contribution in [3.05, 3.63) is 86.3 Å². The van der Waals surface area contributed by atoms with Gasteiger partial charge in [-0.3, -0.25) is 14.2 Å². The second-order valence-corrected chi connectivity index (χ2v) is 10.1. The SMILES string of the molecule is Cc1ccc(-n2c(SC(C)C(=O)NCCc3cccs3)nc3ccccc3c2=O)c(C)c1. The van der Waals surface area contributed by atoms with E-state index < -0.39 is 5.25 Å². The van der Waals surface area contributed by atoms with Crippen LogP contribution in [0.3, 0.4) is 0 Å². The Labute approximate surface area is 195 Å². The lowest BCUT2D eigenvalue weighted by Gasteiger charge is -2.18. The number of thioether (sulfide) groups is 1. The summed E-state index contributed by atoms with van der Waals surface area (Å²) in [6, 6.07) is 17.4. The zero-order chi connectivity index (χ0) is 22.7. The fourth-order valence-corrected chi connectivity index (χ4v) is 5.23. The Kier molecular flexibility index (Phi) is 6.77. The number of nitrogens with zero attached hydrogens (tertiary/aromatic N) is 2. The first-order chi connectivity index (χ1) is 15.4. The van der Waals surface area contributed by atoms with Gasteiger partial charge in [0, 0.05) is 11.4 Å². The summed E-state index contributed by atoms with van der Waals surface area (Å²) in [5.41, 5.74) is 3.40. The summed E-state index contributed by atoms with van der Waals surface area (Å²) >= 11 is 2.99. The number of benzene rings is 2. The third-order valence-electron chi connectivity index (χ3n) is 5.24. The number of rotatable bonds is 7. The van der Waals surface area contributed by atoms with Crippen LogP contribution in [0.15, 0.2) is 69.9 Å². The monoisotopic (exact) mass is 463 g/mol. The molecular weight excluding hydrogens is 438 g/mol. The number of carbonyl (C=O) groups is 1. The van der Waals surface area contributed by atoms with Crippen LogP contribution in [0.1, 0.15) is 22.9 Å². The summed E-state index contributed by atoms with van der Waals surface area (Å²) in [5, 5.41) is 5.71. The first-order valence-electron chi connectivity index (χ1n) is 10.5. The molecule has 4 aromatic rings. The van der Waals surface area contributed by atoms with Crippen LogP contribution < -0.4 is 10.9 Å². The second-order valence-electron chi connectivity index (χ2n) is 7.72. The molecule has 164 valence electrons. The molecule has 0 saturated carbocycles. The third kappa shape index (κ3) is 4.79. The highest BCUT2D eigenvalue weighted by atomic mass is 32.2. The van der Waals surface area contributed by atoms with Crippen molar-refractivity contribution in [1.29, 1.82) is 0 Å². The van der Waals surface area contributed by atoms with E-state index in [0.29, 0.717) is 22.6 Å². The van der Waals surface area contributed by atoms with E-state index >= 15 is 0 Å². The van der Waals surface area contributed by atoms with E-state index in [1.165, 1.54) is 16.6 Å². The van der Waals surface area contributed by atoms with Gasteiger partial charge in [-0.15, -0.1) is 11.3 Å². The van der Waals surface area contributed by atoms with E-state index in [0.717, 1.165) is 23.2 Å². The fraction of sp³-hybridized carbons (Fsp3) is 0.240. The van der Waals surface area contributed by atoms with E-state index in [-0.39, 0.29) is 11.5 Å².